The van der Waals surface area contributed by atoms with Gasteiger partial charge in [0.25, 0.3) is 0 Å². The average molecular weight is 1370 g/mol. The first kappa shape index (κ1) is 90.0. The molecule has 3 N–H and O–H groups in total. The van der Waals surface area contributed by atoms with Gasteiger partial charge in [-0.1, -0.05) is 266 Å². The van der Waals surface area contributed by atoms with Crippen LogP contribution >= 0.6 is 15.6 Å². The van der Waals surface area contributed by atoms with Gasteiger partial charge in [0.05, 0.1) is 32.8 Å². The zero-order valence-corrected chi connectivity index (χ0v) is 60.7. The maximum Gasteiger partial charge on any atom is 0.472 e. The Labute approximate surface area is 569 Å². The van der Waals surface area contributed by atoms with Gasteiger partial charge in [0.2, 0.25) is 0 Å². The molecule has 19 heteroatoms. The van der Waals surface area contributed by atoms with Crippen molar-refractivity contribution in [1.29, 1.82) is 0 Å². The molecule has 0 rings (SSSR count). The first-order valence-electron chi connectivity index (χ1n) is 36.5. The summed E-state index contributed by atoms with van der Waals surface area (Å²) in [5.74, 6) is -2.34. The van der Waals surface area contributed by atoms with Gasteiger partial charge in [0, 0.05) is 19.3 Å². The summed E-state index contributed by atoms with van der Waals surface area (Å²) in [6, 6.07) is 0. The molecule has 0 saturated heterocycles. The standard InChI is InChI=1S/C75H130O17P2/c1-5-9-13-17-21-25-29-32-34-37-40-43-47-51-55-59-72(77)85-65-70(91-74(79)61-57-53-49-45-39-28-24-20-16-12-8-4)67-89-93(81,82)87-63-69(76)64-88-94(83,84)90-68-71(92-75(80)62-58-54-50-46-42-36-31-27-23-19-15-11-7-3)66-86-73(78)60-56-52-48-44-41-38-35-33-30-26-22-18-14-10-6-2/h10,14,20-22,24-26,32-35,41,44,52,56,69-71,76H,5-9,11-13,15-19,23,27-31,36-40,42-43,45-51,53-55,57-68H2,1-4H3,(H,81,82)(H,83,84)/b14-10-,24-20-,25-21-,26-22-,34-32-,35-33-,44-41-,56-52-. The van der Waals surface area contributed by atoms with Gasteiger partial charge in [0.15, 0.2) is 12.2 Å². The van der Waals surface area contributed by atoms with Gasteiger partial charge in [-0.25, -0.2) is 9.13 Å². The fourth-order valence-corrected chi connectivity index (χ4v) is 11.1. The molecule has 0 saturated carbocycles. The topological polar surface area (TPSA) is 237 Å². The Morgan fingerprint density at radius 1 is 0.319 bits per heavy atom. The van der Waals surface area contributed by atoms with Crippen molar-refractivity contribution in [2.75, 3.05) is 39.6 Å². The Bertz CT molecular complexity index is 2170. The van der Waals surface area contributed by atoms with Crippen LogP contribution in [0.25, 0.3) is 0 Å². The molecule has 0 amide bonds. The number of aliphatic hydroxyl groups is 1. The van der Waals surface area contributed by atoms with Crippen LogP contribution in [0.15, 0.2) is 97.2 Å². The quantitative estimate of drug-likeness (QED) is 0.0169. The minimum absolute atomic E-state index is 0.0691. The Morgan fingerprint density at radius 3 is 1.01 bits per heavy atom. The van der Waals surface area contributed by atoms with Gasteiger partial charge in [-0.05, 0) is 103 Å². The van der Waals surface area contributed by atoms with Crippen molar-refractivity contribution in [1.82, 2.24) is 0 Å². The van der Waals surface area contributed by atoms with Gasteiger partial charge < -0.3 is 33.8 Å². The van der Waals surface area contributed by atoms with E-state index in [0.29, 0.717) is 25.7 Å². The van der Waals surface area contributed by atoms with Gasteiger partial charge in [-0.2, -0.15) is 0 Å². The third kappa shape index (κ3) is 66.6. The van der Waals surface area contributed by atoms with Crippen LogP contribution in [0.4, 0.5) is 0 Å². The smallest absolute Gasteiger partial charge is 0.462 e. The number of hydrogen-bond donors (Lipinski definition) is 3. The molecule has 94 heavy (non-hydrogen) atoms. The summed E-state index contributed by atoms with van der Waals surface area (Å²) in [5, 5.41) is 10.6. The molecule has 0 aliphatic carbocycles. The number of hydrogen-bond acceptors (Lipinski definition) is 15. The fraction of sp³-hybridized carbons (Fsp3) is 0.733. The van der Waals surface area contributed by atoms with E-state index in [2.05, 4.69) is 101 Å². The van der Waals surface area contributed by atoms with Crippen LogP contribution in [0.5, 0.6) is 0 Å². The van der Waals surface area contributed by atoms with Crippen molar-refractivity contribution in [2.24, 2.45) is 0 Å². The number of carbonyl (C=O) groups excluding carboxylic acids is 4. The molecule has 0 radical (unpaired) electrons. The molecular formula is C75H130O17P2. The van der Waals surface area contributed by atoms with Crippen LogP contribution in [0, 0.1) is 0 Å². The highest BCUT2D eigenvalue weighted by Crippen LogP contribution is 2.45. The largest absolute Gasteiger partial charge is 0.472 e. The first-order valence-corrected chi connectivity index (χ1v) is 39.5. The number of aliphatic hydroxyl groups excluding tert-OH is 1. The first-order chi connectivity index (χ1) is 45.7. The molecule has 0 spiro atoms. The van der Waals surface area contributed by atoms with Gasteiger partial charge in [0.1, 0.15) is 19.3 Å². The number of esters is 4. The lowest BCUT2D eigenvalue weighted by molar-refractivity contribution is -0.161. The average Bonchev–Trinajstić information content (AvgIpc) is 1.55. The third-order valence-corrected chi connectivity index (χ3v) is 17.0. The molecule has 17 nitrogen and oxygen atoms in total. The van der Waals surface area contributed by atoms with Crippen LogP contribution in [0.1, 0.15) is 297 Å². The van der Waals surface area contributed by atoms with Gasteiger partial charge in [-0.3, -0.25) is 37.3 Å². The molecule has 0 aromatic carbocycles. The van der Waals surface area contributed by atoms with Gasteiger partial charge in [-0.15, -0.1) is 0 Å². The highest BCUT2D eigenvalue weighted by molar-refractivity contribution is 7.47. The van der Waals surface area contributed by atoms with Crippen molar-refractivity contribution in [3.8, 4) is 0 Å². The molecule has 5 unspecified atom stereocenters. The highest BCUT2D eigenvalue weighted by Gasteiger charge is 2.30. The normalized spacial score (nSPS) is 14.6. The Morgan fingerprint density at radius 2 is 0.606 bits per heavy atom. The molecular weight excluding hydrogens is 1230 g/mol. The SMILES string of the molecule is CC/C=C\C/C=C\C/C=C\C/C=C\C/C=C\CC(=O)OCC(COP(=O)(O)OCC(O)COP(=O)(O)OCC(COC(=O)CCCCCCC/C=C\C/C=C\CCCCC)OC(=O)CCCCCCC/C=C\CCCC)OC(=O)CCCCCCCCCCCCCCC. The molecule has 0 aromatic heterocycles. The lowest BCUT2D eigenvalue weighted by Gasteiger charge is -2.21. The van der Waals surface area contributed by atoms with Crippen LogP contribution < -0.4 is 0 Å². The monoisotopic (exact) mass is 1360 g/mol. The van der Waals surface area contributed by atoms with E-state index in [0.717, 1.165) is 135 Å². The number of carbonyl (C=O) groups is 4. The Kier molecular flexibility index (Phi) is 64.7. The summed E-state index contributed by atoms with van der Waals surface area (Å²) in [7, 11) is -9.96. The van der Waals surface area contributed by atoms with E-state index in [1.54, 1.807) is 6.08 Å². The zero-order valence-electron chi connectivity index (χ0n) is 58.9. The molecule has 542 valence electrons. The lowest BCUT2D eigenvalue weighted by atomic mass is 10.0. The summed E-state index contributed by atoms with van der Waals surface area (Å²) < 4.78 is 68.2. The summed E-state index contributed by atoms with van der Waals surface area (Å²) in [6.45, 7) is 4.55. The second-order valence-corrected chi connectivity index (χ2v) is 27.1. The van der Waals surface area contributed by atoms with Crippen LogP contribution in [-0.2, 0) is 65.4 Å². The fourth-order valence-electron chi connectivity index (χ4n) is 9.48. The third-order valence-electron chi connectivity index (χ3n) is 15.1. The highest BCUT2D eigenvalue weighted by atomic mass is 31.2. The summed E-state index contributed by atoms with van der Waals surface area (Å²) in [4.78, 5) is 72.6. The number of phosphoric acid groups is 2. The summed E-state index contributed by atoms with van der Waals surface area (Å²) >= 11 is 0. The van der Waals surface area contributed by atoms with E-state index >= 15 is 0 Å². The van der Waals surface area contributed by atoms with Crippen LogP contribution in [-0.4, -0.2) is 96.7 Å². The second-order valence-electron chi connectivity index (χ2n) is 24.2. The van der Waals surface area contributed by atoms with E-state index < -0.39 is 97.5 Å². The van der Waals surface area contributed by atoms with Crippen molar-refractivity contribution < 1.29 is 80.2 Å². The van der Waals surface area contributed by atoms with Crippen molar-refractivity contribution >= 4 is 39.5 Å². The minimum Gasteiger partial charge on any atom is -0.462 e. The molecule has 0 aromatic rings. The number of rotatable bonds is 68. The molecule has 0 aliphatic rings. The maximum absolute atomic E-state index is 13.0. The van der Waals surface area contributed by atoms with Crippen LogP contribution in [0.2, 0.25) is 0 Å². The molecule has 0 fully saturated rings. The van der Waals surface area contributed by atoms with Crippen molar-refractivity contribution in [3.63, 3.8) is 0 Å². The number of ether oxygens (including phenoxy) is 4. The van der Waals surface area contributed by atoms with Gasteiger partial charge >= 0.3 is 39.5 Å². The van der Waals surface area contributed by atoms with Crippen molar-refractivity contribution in [2.45, 2.75) is 316 Å². The van der Waals surface area contributed by atoms with E-state index in [1.807, 2.05) is 18.2 Å². The summed E-state index contributed by atoms with van der Waals surface area (Å²) in [6.07, 6.45) is 68.7. The van der Waals surface area contributed by atoms with E-state index in [9.17, 15) is 43.2 Å². The van der Waals surface area contributed by atoms with E-state index in [1.165, 1.54) is 83.5 Å². The Hall–Kier alpha value is -4.02. The molecule has 0 heterocycles. The maximum atomic E-state index is 13.0. The van der Waals surface area contributed by atoms with E-state index in [4.69, 9.17) is 37.0 Å². The second kappa shape index (κ2) is 67.5. The predicted octanol–water partition coefficient (Wildman–Crippen LogP) is 20.4. The van der Waals surface area contributed by atoms with E-state index in [-0.39, 0.29) is 25.7 Å². The zero-order chi connectivity index (χ0) is 69.0. The minimum atomic E-state index is -4.99. The number of unbranched alkanes of at least 4 members (excludes halogenated alkanes) is 27. The lowest BCUT2D eigenvalue weighted by Crippen LogP contribution is -2.30. The predicted molar refractivity (Wildman–Crippen MR) is 381 cm³/mol. The summed E-state index contributed by atoms with van der Waals surface area (Å²) in [5.41, 5.74) is 0. The Balaban J connectivity index is 5.39. The number of allylic oxidation sites excluding steroid dienone is 15. The molecule has 5 atom stereocenters. The number of phosphoric ester groups is 2. The van der Waals surface area contributed by atoms with Crippen molar-refractivity contribution in [3.05, 3.63) is 97.2 Å². The molecule has 0 aliphatic heterocycles. The molecule has 0 bridgehead atoms. The van der Waals surface area contributed by atoms with Crippen LogP contribution in [0.3, 0.4) is 0 Å².